The summed E-state index contributed by atoms with van der Waals surface area (Å²) in [7, 11) is -3.19. The molecule has 0 aromatic carbocycles. The van der Waals surface area contributed by atoms with E-state index in [1.54, 1.807) is 6.92 Å². The van der Waals surface area contributed by atoms with Crippen LogP contribution in [-0.4, -0.2) is 56.7 Å². The van der Waals surface area contributed by atoms with Crippen LogP contribution in [0.4, 0.5) is 0 Å². The zero-order valence-corrected chi connectivity index (χ0v) is 12.8. The number of rotatable bonds is 5. The number of nitrogens with zero attached hydrogens (tertiary/aromatic N) is 1. The van der Waals surface area contributed by atoms with Crippen LogP contribution in [-0.2, 0) is 19.6 Å². The summed E-state index contributed by atoms with van der Waals surface area (Å²) in [5.74, 6) is -0.181. The van der Waals surface area contributed by atoms with Crippen molar-refractivity contribution in [1.29, 1.82) is 0 Å². The molecular weight excluding hydrogens is 280 g/mol. The topological polar surface area (TPSA) is 75.7 Å². The smallest absolute Gasteiger partial charge is 0.224 e. The Hall–Kier alpha value is -0.660. The number of hydrogen-bond acceptors (Lipinski definition) is 4. The van der Waals surface area contributed by atoms with E-state index in [-0.39, 0.29) is 23.7 Å². The van der Waals surface area contributed by atoms with E-state index in [2.05, 4.69) is 5.32 Å². The van der Waals surface area contributed by atoms with Crippen LogP contribution in [0.5, 0.6) is 0 Å². The van der Waals surface area contributed by atoms with Gasteiger partial charge in [-0.05, 0) is 32.6 Å². The van der Waals surface area contributed by atoms with Gasteiger partial charge >= 0.3 is 0 Å². The number of sulfonamides is 1. The Kier molecular flexibility index (Phi) is 5.40. The molecule has 0 unspecified atom stereocenters. The minimum Gasteiger partial charge on any atom is -0.376 e. The van der Waals surface area contributed by atoms with Crippen LogP contribution in [0, 0.1) is 5.92 Å². The normalized spacial score (nSPS) is 28.4. The highest BCUT2D eigenvalue weighted by Gasteiger charge is 2.31. The highest BCUT2D eigenvalue weighted by atomic mass is 32.2. The number of piperidine rings is 1. The Morgan fingerprint density at radius 2 is 2.15 bits per heavy atom. The quantitative estimate of drug-likeness (QED) is 0.795. The number of nitrogens with one attached hydrogen (secondary N) is 1. The van der Waals surface area contributed by atoms with E-state index in [4.69, 9.17) is 4.74 Å². The zero-order valence-electron chi connectivity index (χ0n) is 12.0. The maximum absolute atomic E-state index is 12.1. The zero-order chi connectivity index (χ0) is 14.6. The van der Waals surface area contributed by atoms with E-state index in [1.807, 2.05) is 0 Å². The fraction of sp³-hybridized carbons (Fsp3) is 0.923. The van der Waals surface area contributed by atoms with Gasteiger partial charge in [0.15, 0.2) is 0 Å². The van der Waals surface area contributed by atoms with Crippen LogP contribution in [0.1, 0.15) is 32.6 Å². The summed E-state index contributed by atoms with van der Waals surface area (Å²) in [6.07, 6.45) is 3.66. The second-order valence-corrected chi connectivity index (χ2v) is 7.74. The van der Waals surface area contributed by atoms with Gasteiger partial charge in [0.25, 0.3) is 0 Å². The SMILES string of the molecule is CCS(=O)(=O)N1CCC[C@H](C(=O)NC[C@@H]2CCCO2)C1. The molecule has 0 spiro atoms. The van der Waals surface area contributed by atoms with Crippen molar-refractivity contribution in [2.24, 2.45) is 5.92 Å². The Morgan fingerprint density at radius 1 is 1.35 bits per heavy atom. The van der Waals surface area contributed by atoms with Crippen LogP contribution < -0.4 is 5.32 Å². The first-order valence-corrected chi connectivity index (χ1v) is 9.01. The molecule has 6 nitrogen and oxygen atoms in total. The van der Waals surface area contributed by atoms with Crippen molar-refractivity contribution >= 4 is 15.9 Å². The molecule has 0 bridgehead atoms. The summed E-state index contributed by atoms with van der Waals surface area (Å²) in [5, 5.41) is 2.90. The molecule has 0 aromatic rings. The predicted octanol–water partition coefficient (Wildman–Crippen LogP) is 0.343. The van der Waals surface area contributed by atoms with E-state index in [1.165, 1.54) is 4.31 Å². The maximum Gasteiger partial charge on any atom is 0.224 e. The Bertz CT molecular complexity index is 432. The van der Waals surface area contributed by atoms with Gasteiger partial charge in [0.05, 0.1) is 17.8 Å². The summed E-state index contributed by atoms with van der Waals surface area (Å²) in [5.41, 5.74) is 0. The lowest BCUT2D eigenvalue weighted by atomic mass is 9.99. The lowest BCUT2D eigenvalue weighted by Crippen LogP contribution is -2.46. The standard InChI is InChI=1S/C13H24N2O4S/c1-2-20(17,18)15-7-3-5-11(10-15)13(16)14-9-12-6-4-8-19-12/h11-12H,2-10H2,1H3,(H,14,16)/t11-,12-/m0/s1. The number of ether oxygens (including phenoxy) is 1. The molecule has 20 heavy (non-hydrogen) atoms. The molecule has 2 aliphatic heterocycles. The van der Waals surface area contributed by atoms with E-state index >= 15 is 0 Å². The van der Waals surface area contributed by atoms with Gasteiger partial charge in [-0.15, -0.1) is 0 Å². The number of amides is 1. The highest BCUT2D eigenvalue weighted by molar-refractivity contribution is 7.89. The van der Waals surface area contributed by atoms with Crippen molar-refractivity contribution in [2.45, 2.75) is 38.7 Å². The van der Waals surface area contributed by atoms with Crippen molar-refractivity contribution < 1.29 is 17.9 Å². The first-order chi connectivity index (χ1) is 9.53. The molecule has 2 rings (SSSR count). The van der Waals surface area contributed by atoms with Gasteiger partial charge in [0, 0.05) is 26.2 Å². The number of carbonyl (C=O) groups is 1. The molecule has 2 saturated heterocycles. The Balaban J connectivity index is 1.83. The van der Waals surface area contributed by atoms with Crippen LogP contribution in [0.2, 0.25) is 0 Å². The lowest BCUT2D eigenvalue weighted by Gasteiger charge is -2.31. The minimum atomic E-state index is -3.19. The van der Waals surface area contributed by atoms with E-state index in [0.717, 1.165) is 32.3 Å². The average molecular weight is 304 g/mol. The molecule has 116 valence electrons. The van der Waals surface area contributed by atoms with Gasteiger partial charge in [-0.2, -0.15) is 0 Å². The second-order valence-electron chi connectivity index (χ2n) is 5.48. The number of hydrogen-bond donors (Lipinski definition) is 1. The third-order valence-corrected chi connectivity index (χ3v) is 5.89. The summed E-state index contributed by atoms with van der Waals surface area (Å²) in [6, 6.07) is 0. The molecule has 7 heteroatoms. The first kappa shape index (κ1) is 15.7. The summed E-state index contributed by atoms with van der Waals surface area (Å²) in [6.45, 7) is 3.79. The van der Waals surface area contributed by atoms with Crippen molar-refractivity contribution in [3.8, 4) is 0 Å². The van der Waals surface area contributed by atoms with Gasteiger partial charge in [-0.3, -0.25) is 4.79 Å². The van der Waals surface area contributed by atoms with Gasteiger partial charge in [-0.25, -0.2) is 12.7 Å². The molecule has 0 saturated carbocycles. The molecule has 0 radical (unpaired) electrons. The van der Waals surface area contributed by atoms with Gasteiger partial charge in [0.1, 0.15) is 0 Å². The van der Waals surface area contributed by atoms with Gasteiger partial charge in [-0.1, -0.05) is 0 Å². The van der Waals surface area contributed by atoms with E-state index < -0.39 is 10.0 Å². The molecule has 1 N–H and O–H groups in total. The van der Waals surface area contributed by atoms with Gasteiger partial charge < -0.3 is 10.1 Å². The summed E-state index contributed by atoms with van der Waals surface area (Å²) < 4.78 is 30.6. The van der Waals surface area contributed by atoms with Crippen LogP contribution in [0.15, 0.2) is 0 Å². The fourth-order valence-corrected chi connectivity index (χ4v) is 3.94. The molecule has 2 fully saturated rings. The third-order valence-electron chi connectivity index (χ3n) is 4.04. The molecule has 1 amide bonds. The molecule has 2 heterocycles. The maximum atomic E-state index is 12.1. The third kappa shape index (κ3) is 3.93. The van der Waals surface area contributed by atoms with Gasteiger partial charge in [0.2, 0.25) is 15.9 Å². The largest absolute Gasteiger partial charge is 0.376 e. The molecule has 0 aliphatic carbocycles. The summed E-state index contributed by atoms with van der Waals surface area (Å²) >= 11 is 0. The Morgan fingerprint density at radius 3 is 2.80 bits per heavy atom. The minimum absolute atomic E-state index is 0.0449. The Labute approximate surface area is 120 Å². The highest BCUT2D eigenvalue weighted by Crippen LogP contribution is 2.20. The average Bonchev–Trinajstić information content (AvgIpc) is 2.98. The summed E-state index contributed by atoms with van der Waals surface area (Å²) in [4.78, 5) is 12.1. The van der Waals surface area contributed by atoms with Crippen LogP contribution in [0.25, 0.3) is 0 Å². The molecule has 2 aliphatic rings. The molecular formula is C13H24N2O4S. The van der Waals surface area contributed by atoms with Crippen molar-refractivity contribution in [3.63, 3.8) is 0 Å². The van der Waals surface area contributed by atoms with E-state index in [0.29, 0.717) is 19.6 Å². The number of carbonyl (C=O) groups excluding carboxylic acids is 1. The predicted molar refractivity (Wildman–Crippen MR) is 75.7 cm³/mol. The van der Waals surface area contributed by atoms with Crippen LogP contribution >= 0.6 is 0 Å². The molecule has 0 aromatic heterocycles. The van der Waals surface area contributed by atoms with Crippen LogP contribution in [0.3, 0.4) is 0 Å². The van der Waals surface area contributed by atoms with Crippen molar-refractivity contribution in [3.05, 3.63) is 0 Å². The molecule has 2 atom stereocenters. The first-order valence-electron chi connectivity index (χ1n) is 7.40. The second kappa shape index (κ2) is 6.87. The van der Waals surface area contributed by atoms with Crippen molar-refractivity contribution in [1.82, 2.24) is 9.62 Å². The fourth-order valence-electron chi connectivity index (χ4n) is 2.76. The van der Waals surface area contributed by atoms with Crippen molar-refractivity contribution in [2.75, 3.05) is 32.0 Å². The lowest BCUT2D eigenvalue weighted by molar-refractivity contribution is -0.126. The van der Waals surface area contributed by atoms with E-state index in [9.17, 15) is 13.2 Å². The monoisotopic (exact) mass is 304 g/mol.